The zero-order chi connectivity index (χ0) is 10.9. The molecule has 15 heavy (non-hydrogen) atoms. The first-order valence-electron chi connectivity index (χ1n) is 6.22. The van der Waals surface area contributed by atoms with E-state index in [1.54, 1.807) is 0 Å². The molecule has 0 heterocycles. The Morgan fingerprint density at radius 1 is 1.53 bits per heavy atom. The smallest absolute Gasteiger partial charge is 0.226 e. The summed E-state index contributed by atoms with van der Waals surface area (Å²) in [4.78, 5) is 11.9. The van der Waals surface area contributed by atoms with Crippen molar-refractivity contribution < 1.29 is 4.79 Å². The molecule has 0 aromatic heterocycles. The lowest BCUT2D eigenvalue weighted by Crippen LogP contribution is -2.41. The van der Waals surface area contributed by atoms with Gasteiger partial charge in [0.15, 0.2) is 0 Å². The fourth-order valence-corrected chi connectivity index (χ4v) is 2.31. The predicted molar refractivity (Wildman–Crippen MR) is 60.3 cm³/mol. The second-order valence-electron chi connectivity index (χ2n) is 5.24. The van der Waals surface area contributed by atoms with Crippen molar-refractivity contribution >= 4 is 5.91 Å². The largest absolute Gasteiger partial charge is 0.354 e. The number of rotatable bonds is 6. The molecule has 3 nitrogen and oxygen atoms in total. The van der Waals surface area contributed by atoms with E-state index in [2.05, 4.69) is 12.2 Å². The molecular weight excluding hydrogens is 188 g/mol. The van der Waals surface area contributed by atoms with E-state index >= 15 is 0 Å². The van der Waals surface area contributed by atoms with Gasteiger partial charge in [0.05, 0.1) is 0 Å². The van der Waals surface area contributed by atoms with Crippen molar-refractivity contribution in [3.05, 3.63) is 0 Å². The van der Waals surface area contributed by atoms with E-state index in [1.165, 1.54) is 12.8 Å². The highest BCUT2D eigenvalue weighted by molar-refractivity contribution is 5.85. The molecule has 0 bridgehead atoms. The summed E-state index contributed by atoms with van der Waals surface area (Å²) >= 11 is 0. The minimum atomic E-state index is -0.00196. The molecule has 0 aromatic rings. The predicted octanol–water partition coefficient (Wildman–Crippen LogP) is 1.42. The van der Waals surface area contributed by atoms with Crippen molar-refractivity contribution in [2.75, 3.05) is 6.54 Å². The molecule has 1 atom stereocenters. The fourth-order valence-electron chi connectivity index (χ4n) is 2.31. The summed E-state index contributed by atoms with van der Waals surface area (Å²) in [5.74, 6) is 0.923. The Morgan fingerprint density at radius 2 is 2.20 bits per heavy atom. The Hall–Kier alpha value is -0.570. The van der Waals surface area contributed by atoms with Crippen LogP contribution in [0.5, 0.6) is 0 Å². The fraction of sp³-hybridized carbons (Fsp3) is 0.917. The van der Waals surface area contributed by atoms with Crippen molar-refractivity contribution in [2.45, 2.75) is 51.5 Å². The molecule has 0 radical (unpaired) electrons. The van der Waals surface area contributed by atoms with Crippen LogP contribution in [0.15, 0.2) is 0 Å². The maximum atomic E-state index is 11.9. The zero-order valence-electron chi connectivity index (χ0n) is 9.59. The maximum absolute atomic E-state index is 11.9. The number of carbonyl (C=O) groups excluding carboxylic acids is 1. The molecular formula is C12H22N2O. The monoisotopic (exact) mass is 210 g/mol. The minimum absolute atomic E-state index is 0.00196. The molecule has 2 saturated carbocycles. The molecule has 1 unspecified atom stereocenters. The molecule has 0 aliphatic heterocycles. The van der Waals surface area contributed by atoms with Crippen molar-refractivity contribution in [1.82, 2.24) is 5.32 Å². The second-order valence-corrected chi connectivity index (χ2v) is 5.24. The summed E-state index contributed by atoms with van der Waals surface area (Å²) in [7, 11) is 0. The Bertz CT molecular complexity index is 244. The molecule has 2 rings (SSSR count). The van der Waals surface area contributed by atoms with Crippen LogP contribution in [0.4, 0.5) is 0 Å². The highest BCUT2D eigenvalue weighted by Gasteiger charge is 2.48. The number of amides is 1. The van der Waals surface area contributed by atoms with Crippen LogP contribution in [0, 0.1) is 11.3 Å². The van der Waals surface area contributed by atoms with Gasteiger partial charge in [-0.05, 0) is 38.0 Å². The maximum Gasteiger partial charge on any atom is 0.226 e. The van der Waals surface area contributed by atoms with Crippen LogP contribution >= 0.6 is 0 Å². The summed E-state index contributed by atoms with van der Waals surface area (Å²) in [5, 5.41) is 3.03. The summed E-state index contributed by atoms with van der Waals surface area (Å²) in [6.45, 7) is 2.82. The van der Waals surface area contributed by atoms with E-state index in [1.807, 2.05) is 0 Å². The van der Waals surface area contributed by atoms with Gasteiger partial charge in [0.1, 0.15) is 0 Å². The molecule has 2 fully saturated rings. The molecule has 3 heteroatoms. The summed E-state index contributed by atoms with van der Waals surface area (Å²) in [6.07, 6.45) is 6.78. The third-order valence-electron chi connectivity index (χ3n) is 3.79. The number of hydrogen-bond donors (Lipinski definition) is 2. The average Bonchev–Trinajstić information content (AvgIpc) is 3.05. The van der Waals surface area contributed by atoms with E-state index < -0.39 is 0 Å². The van der Waals surface area contributed by atoms with Crippen molar-refractivity contribution in [3.63, 3.8) is 0 Å². The van der Waals surface area contributed by atoms with Gasteiger partial charge in [0.25, 0.3) is 0 Å². The van der Waals surface area contributed by atoms with Crippen molar-refractivity contribution in [2.24, 2.45) is 17.1 Å². The molecule has 2 aliphatic carbocycles. The van der Waals surface area contributed by atoms with Crippen LogP contribution < -0.4 is 11.1 Å². The molecule has 0 spiro atoms. The first kappa shape index (κ1) is 10.9. The quantitative estimate of drug-likeness (QED) is 0.696. The molecule has 0 aromatic carbocycles. The third-order valence-corrected chi connectivity index (χ3v) is 3.79. The van der Waals surface area contributed by atoms with Crippen LogP contribution in [0.3, 0.4) is 0 Å². The highest BCUT2D eigenvalue weighted by atomic mass is 16.2. The Balaban J connectivity index is 1.72. The number of hydrogen-bond acceptors (Lipinski definition) is 2. The molecule has 2 aliphatic rings. The number of nitrogens with one attached hydrogen (secondary N) is 1. The topological polar surface area (TPSA) is 55.1 Å². The van der Waals surface area contributed by atoms with Gasteiger partial charge in [-0.25, -0.2) is 0 Å². The van der Waals surface area contributed by atoms with E-state index in [9.17, 15) is 4.79 Å². The van der Waals surface area contributed by atoms with Gasteiger partial charge in [-0.1, -0.05) is 13.3 Å². The average molecular weight is 210 g/mol. The summed E-state index contributed by atoms with van der Waals surface area (Å²) < 4.78 is 0. The van der Waals surface area contributed by atoms with Gasteiger partial charge in [-0.15, -0.1) is 0 Å². The molecule has 86 valence electrons. The standard InChI is InChI=1S/C12H22N2O/c1-2-5-12(6-7-12)11(15)14-8-10(13)9-3-4-9/h9-10H,2-8,13H2,1H3,(H,14,15). The third kappa shape index (κ3) is 2.51. The Kier molecular flexibility index (Phi) is 3.01. The van der Waals surface area contributed by atoms with Crippen LogP contribution in [-0.4, -0.2) is 18.5 Å². The van der Waals surface area contributed by atoms with E-state index in [0.717, 1.165) is 25.7 Å². The van der Waals surface area contributed by atoms with Gasteiger partial charge in [0, 0.05) is 18.0 Å². The number of nitrogens with two attached hydrogens (primary N) is 1. The van der Waals surface area contributed by atoms with Crippen LogP contribution in [0.1, 0.15) is 45.4 Å². The lowest BCUT2D eigenvalue weighted by molar-refractivity contribution is -0.126. The van der Waals surface area contributed by atoms with E-state index in [-0.39, 0.29) is 17.4 Å². The van der Waals surface area contributed by atoms with Gasteiger partial charge in [-0.3, -0.25) is 4.79 Å². The first-order valence-corrected chi connectivity index (χ1v) is 6.22. The summed E-state index contributed by atoms with van der Waals surface area (Å²) in [5.41, 5.74) is 5.95. The normalized spacial score (nSPS) is 24.7. The SMILES string of the molecule is CCCC1(C(=O)NCC(N)C2CC2)CC1. The first-order chi connectivity index (χ1) is 7.18. The lowest BCUT2D eigenvalue weighted by Gasteiger charge is -2.17. The highest BCUT2D eigenvalue weighted by Crippen LogP contribution is 2.49. The summed E-state index contributed by atoms with van der Waals surface area (Å²) in [6, 6.07) is 0.186. The van der Waals surface area contributed by atoms with Gasteiger partial charge < -0.3 is 11.1 Å². The van der Waals surface area contributed by atoms with Crippen LogP contribution in [0.2, 0.25) is 0 Å². The molecule has 0 saturated heterocycles. The van der Waals surface area contributed by atoms with Crippen molar-refractivity contribution in [3.8, 4) is 0 Å². The number of carbonyl (C=O) groups is 1. The minimum Gasteiger partial charge on any atom is -0.354 e. The van der Waals surface area contributed by atoms with Gasteiger partial charge in [-0.2, -0.15) is 0 Å². The van der Waals surface area contributed by atoms with Crippen molar-refractivity contribution in [1.29, 1.82) is 0 Å². The lowest BCUT2D eigenvalue weighted by atomic mass is 9.99. The molecule has 3 N–H and O–H groups in total. The Labute approximate surface area is 91.8 Å². The van der Waals surface area contributed by atoms with Crippen LogP contribution in [-0.2, 0) is 4.79 Å². The van der Waals surface area contributed by atoms with E-state index in [4.69, 9.17) is 5.73 Å². The zero-order valence-corrected chi connectivity index (χ0v) is 9.59. The van der Waals surface area contributed by atoms with Crippen LogP contribution in [0.25, 0.3) is 0 Å². The molecule has 1 amide bonds. The van der Waals surface area contributed by atoms with Gasteiger partial charge in [0.2, 0.25) is 5.91 Å². The Morgan fingerprint density at radius 3 is 2.67 bits per heavy atom. The van der Waals surface area contributed by atoms with E-state index in [0.29, 0.717) is 12.5 Å². The van der Waals surface area contributed by atoms with Gasteiger partial charge >= 0.3 is 0 Å². The second kappa shape index (κ2) is 4.12.